The fourth-order valence-corrected chi connectivity index (χ4v) is 1.77. The second kappa shape index (κ2) is 5.34. The Bertz CT molecular complexity index is 663. The van der Waals surface area contributed by atoms with Crippen molar-refractivity contribution >= 4 is 10.9 Å². The molecule has 0 N–H and O–H groups in total. The summed E-state index contributed by atoms with van der Waals surface area (Å²) in [5.41, 5.74) is 2.41. The third kappa shape index (κ3) is 2.30. The SMILES string of the molecule is Fc1c[c-]c(-c2ncnc3ccccc23)cc1.[Ir]. The Labute approximate surface area is 117 Å². The van der Waals surface area contributed by atoms with Crippen LogP contribution in [0.2, 0.25) is 0 Å². The zero-order chi connectivity index (χ0) is 11.7. The van der Waals surface area contributed by atoms with E-state index >= 15 is 0 Å². The number of para-hydroxylation sites is 1. The fraction of sp³-hybridized carbons (Fsp3) is 0. The summed E-state index contributed by atoms with van der Waals surface area (Å²) in [6.45, 7) is 0. The van der Waals surface area contributed by atoms with E-state index in [1.165, 1.54) is 18.5 Å². The van der Waals surface area contributed by atoms with Crippen LogP contribution in [0.1, 0.15) is 0 Å². The molecule has 3 aromatic rings. The molecule has 18 heavy (non-hydrogen) atoms. The maximum Gasteiger partial charge on any atom is 0.106 e. The third-order valence-electron chi connectivity index (χ3n) is 2.57. The topological polar surface area (TPSA) is 25.8 Å². The Morgan fingerprint density at radius 1 is 1.00 bits per heavy atom. The van der Waals surface area contributed by atoms with E-state index in [0.717, 1.165) is 22.2 Å². The number of fused-ring (bicyclic) bond motifs is 1. The standard InChI is InChI=1S/C14H8FN2.Ir/c15-11-7-5-10(6-8-11)14-12-3-1-2-4-13(12)16-9-17-14;/h1-5,7-9H;/q-1;. The van der Waals surface area contributed by atoms with Gasteiger partial charge in [-0.05, 0) is 17.1 Å². The van der Waals surface area contributed by atoms with E-state index in [1.54, 1.807) is 6.07 Å². The van der Waals surface area contributed by atoms with E-state index in [2.05, 4.69) is 16.0 Å². The number of rotatable bonds is 1. The first kappa shape index (κ1) is 12.8. The van der Waals surface area contributed by atoms with Crippen LogP contribution >= 0.6 is 0 Å². The third-order valence-corrected chi connectivity index (χ3v) is 2.57. The minimum Gasteiger partial charge on any atom is -0.285 e. The Balaban J connectivity index is 0.00000120. The van der Waals surface area contributed by atoms with Crippen LogP contribution in [-0.2, 0) is 20.1 Å². The summed E-state index contributed by atoms with van der Waals surface area (Å²) in [6.07, 6.45) is 1.51. The van der Waals surface area contributed by atoms with Crippen molar-refractivity contribution in [1.82, 2.24) is 9.97 Å². The minimum atomic E-state index is -0.299. The van der Waals surface area contributed by atoms with Crippen LogP contribution in [0.5, 0.6) is 0 Å². The molecule has 1 radical (unpaired) electrons. The van der Waals surface area contributed by atoms with Crippen LogP contribution in [-0.4, -0.2) is 9.97 Å². The van der Waals surface area contributed by atoms with Crippen LogP contribution in [0.25, 0.3) is 22.2 Å². The molecule has 0 amide bonds. The van der Waals surface area contributed by atoms with Gasteiger partial charge in [0.05, 0.1) is 5.52 Å². The Kier molecular flexibility index (Phi) is 3.80. The molecule has 0 saturated heterocycles. The molecule has 0 saturated carbocycles. The average molecular weight is 415 g/mol. The number of nitrogens with zero attached hydrogens (tertiary/aromatic N) is 2. The molecule has 4 heteroatoms. The molecular weight excluding hydrogens is 407 g/mol. The number of benzene rings is 2. The van der Waals surface area contributed by atoms with Gasteiger partial charge in [0, 0.05) is 25.9 Å². The predicted molar refractivity (Wildman–Crippen MR) is 63.8 cm³/mol. The zero-order valence-corrected chi connectivity index (χ0v) is 11.6. The van der Waals surface area contributed by atoms with Gasteiger partial charge < -0.3 is 0 Å². The molecular formula is C14H8FIrN2-. The quantitative estimate of drug-likeness (QED) is 0.571. The van der Waals surface area contributed by atoms with Gasteiger partial charge >= 0.3 is 0 Å². The molecule has 0 bridgehead atoms. The van der Waals surface area contributed by atoms with Crippen molar-refractivity contribution in [3.8, 4) is 11.3 Å². The molecule has 0 aliphatic heterocycles. The van der Waals surface area contributed by atoms with E-state index in [1.807, 2.05) is 24.3 Å². The molecule has 0 atom stereocenters. The Morgan fingerprint density at radius 3 is 2.61 bits per heavy atom. The summed E-state index contributed by atoms with van der Waals surface area (Å²) in [4.78, 5) is 8.43. The van der Waals surface area contributed by atoms with E-state index in [0.29, 0.717) is 0 Å². The number of halogens is 1. The van der Waals surface area contributed by atoms with Gasteiger partial charge in [-0.3, -0.25) is 9.37 Å². The molecule has 3 rings (SSSR count). The van der Waals surface area contributed by atoms with Gasteiger partial charge in [-0.2, -0.15) is 0 Å². The molecule has 2 aromatic carbocycles. The van der Waals surface area contributed by atoms with Crippen LogP contribution in [0.3, 0.4) is 0 Å². The second-order valence-electron chi connectivity index (χ2n) is 3.66. The summed E-state index contributed by atoms with van der Waals surface area (Å²) in [5.74, 6) is -0.299. The van der Waals surface area contributed by atoms with Crippen molar-refractivity contribution < 1.29 is 24.5 Å². The maximum atomic E-state index is 12.9. The van der Waals surface area contributed by atoms with Gasteiger partial charge in [0.25, 0.3) is 0 Å². The first-order chi connectivity index (χ1) is 8.34. The number of hydrogen-bond donors (Lipinski definition) is 0. The minimum absolute atomic E-state index is 0. The van der Waals surface area contributed by atoms with Crippen molar-refractivity contribution in [2.75, 3.05) is 0 Å². The summed E-state index contributed by atoms with van der Waals surface area (Å²) in [5, 5.41) is 0.942. The van der Waals surface area contributed by atoms with Gasteiger partial charge in [-0.25, -0.2) is 4.98 Å². The molecule has 0 unspecified atom stereocenters. The van der Waals surface area contributed by atoms with Gasteiger partial charge in [-0.15, -0.1) is 29.8 Å². The smallest absolute Gasteiger partial charge is 0.106 e. The van der Waals surface area contributed by atoms with Crippen LogP contribution in [0, 0.1) is 11.9 Å². The van der Waals surface area contributed by atoms with Gasteiger partial charge in [0.2, 0.25) is 0 Å². The summed E-state index contributed by atoms with van der Waals surface area (Å²) < 4.78 is 12.9. The molecule has 2 nitrogen and oxygen atoms in total. The molecule has 1 aromatic heterocycles. The van der Waals surface area contributed by atoms with E-state index in [9.17, 15) is 4.39 Å². The first-order valence-electron chi connectivity index (χ1n) is 5.22. The van der Waals surface area contributed by atoms with Crippen LogP contribution < -0.4 is 0 Å². The van der Waals surface area contributed by atoms with E-state index < -0.39 is 0 Å². The molecule has 0 aliphatic rings. The van der Waals surface area contributed by atoms with Crippen molar-refractivity contribution in [3.63, 3.8) is 0 Å². The number of aromatic nitrogens is 2. The molecule has 0 aliphatic carbocycles. The van der Waals surface area contributed by atoms with Crippen molar-refractivity contribution in [2.24, 2.45) is 0 Å². The predicted octanol–water partition coefficient (Wildman–Crippen LogP) is 3.23. The summed E-state index contributed by atoms with van der Waals surface area (Å²) >= 11 is 0. The van der Waals surface area contributed by atoms with Crippen molar-refractivity contribution in [2.45, 2.75) is 0 Å². The largest absolute Gasteiger partial charge is 0.285 e. The normalized spacial score (nSPS) is 10.1. The van der Waals surface area contributed by atoms with Crippen molar-refractivity contribution in [3.05, 3.63) is 60.7 Å². The maximum absolute atomic E-state index is 12.9. The average Bonchev–Trinajstić information content (AvgIpc) is 2.39. The Morgan fingerprint density at radius 2 is 1.83 bits per heavy atom. The summed E-state index contributed by atoms with van der Waals surface area (Å²) in [7, 11) is 0. The number of hydrogen-bond acceptors (Lipinski definition) is 2. The van der Waals surface area contributed by atoms with Gasteiger partial charge in [0.1, 0.15) is 6.33 Å². The molecule has 0 fully saturated rings. The monoisotopic (exact) mass is 416 g/mol. The second-order valence-corrected chi connectivity index (χ2v) is 3.66. The Hall–Kier alpha value is -1.64. The van der Waals surface area contributed by atoms with Gasteiger partial charge in [-0.1, -0.05) is 18.2 Å². The first-order valence-corrected chi connectivity index (χ1v) is 5.22. The van der Waals surface area contributed by atoms with E-state index in [4.69, 9.17) is 0 Å². The van der Waals surface area contributed by atoms with E-state index in [-0.39, 0.29) is 25.9 Å². The van der Waals surface area contributed by atoms with Crippen LogP contribution in [0.15, 0.2) is 48.8 Å². The summed E-state index contributed by atoms with van der Waals surface area (Å²) in [6, 6.07) is 15.0. The zero-order valence-electron chi connectivity index (χ0n) is 9.22. The van der Waals surface area contributed by atoms with Gasteiger partial charge in [0.15, 0.2) is 0 Å². The molecule has 91 valence electrons. The molecule has 1 heterocycles. The molecule has 0 spiro atoms. The fourth-order valence-electron chi connectivity index (χ4n) is 1.77. The van der Waals surface area contributed by atoms with Crippen LogP contribution in [0.4, 0.5) is 4.39 Å². The van der Waals surface area contributed by atoms with Crippen molar-refractivity contribution in [1.29, 1.82) is 0 Å².